The summed E-state index contributed by atoms with van der Waals surface area (Å²) in [6, 6.07) is 2.52. The van der Waals surface area contributed by atoms with E-state index >= 15 is 4.39 Å². The standard InChI is InChI=1S/C32H49F2N5O3.C2HF3O/c1-20(40)39(22-9-11-32(5,6)12-10-22)23-16-28(29(41)36-14-13-35)38(17-23)30(42)26-19-37(31(2,3)4)18-25(26)24-8-7-21(33)15-27(24)34;3-2(4,5)1-6/h7-8,15,22-23,25-26,28H,9-14,16-19,35H2,1-6H3,(H,36,41);1H/t23-,25-,26?,28-;/m0./s1. The van der Waals surface area contributed by atoms with Gasteiger partial charge in [0.25, 0.3) is 0 Å². The Morgan fingerprint density at radius 1 is 1.04 bits per heavy atom. The van der Waals surface area contributed by atoms with Gasteiger partial charge in [-0.2, -0.15) is 13.2 Å². The van der Waals surface area contributed by atoms with E-state index in [9.17, 15) is 31.9 Å². The number of hydrogen-bond donors (Lipinski definition) is 2. The molecule has 1 aromatic carbocycles. The zero-order chi connectivity index (χ0) is 36.2. The van der Waals surface area contributed by atoms with Crippen molar-refractivity contribution >= 4 is 24.0 Å². The second kappa shape index (κ2) is 15.6. The molecule has 0 spiro atoms. The molecule has 0 aromatic heterocycles. The first kappa shape index (κ1) is 39.3. The van der Waals surface area contributed by atoms with Crippen molar-refractivity contribution in [3.63, 3.8) is 0 Å². The van der Waals surface area contributed by atoms with Crippen molar-refractivity contribution in [2.24, 2.45) is 17.1 Å². The molecular weight excluding hydrogens is 637 g/mol. The Hall–Kier alpha value is -3.13. The largest absolute Gasteiger partial charge is 0.446 e. The lowest BCUT2D eigenvalue weighted by Gasteiger charge is -2.42. The van der Waals surface area contributed by atoms with Crippen LogP contribution in [0.15, 0.2) is 18.2 Å². The van der Waals surface area contributed by atoms with Gasteiger partial charge in [0.2, 0.25) is 24.0 Å². The normalized spacial score (nSPS) is 24.9. The minimum atomic E-state index is -4.64. The Morgan fingerprint density at radius 3 is 2.15 bits per heavy atom. The van der Waals surface area contributed by atoms with Gasteiger partial charge in [-0.05, 0) is 69.9 Å². The average Bonchev–Trinajstić information content (AvgIpc) is 3.62. The molecule has 2 heterocycles. The number of benzene rings is 1. The number of carbonyl (C=O) groups excluding carboxylic acids is 4. The van der Waals surface area contributed by atoms with Gasteiger partial charge in [0.15, 0.2) is 0 Å². The lowest BCUT2D eigenvalue weighted by molar-refractivity contribution is -0.156. The van der Waals surface area contributed by atoms with Gasteiger partial charge < -0.3 is 20.9 Å². The molecule has 14 heteroatoms. The summed E-state index contributed by atoms with van der Waals surface area (Å²) in [5.74, 6) is -3.06. The van der Waals surface area contributed by atoms with E-state index in [1.165, 1.54) is 12.1 Å². The lowest BCUT2D eigenvalue weighted by atomic mass is 9.75. The molecule has 4 atom stereocenters. The van der Waals surface area contributed by atoms with Gasteiger partial charge in [0.05, 0.1) is 12.0 Å². The molecule has 3 N–H and O–H groups in total. The topological polar surface area (TPSA) is 116 Å². The van der Waals surface area contributed by atoms with Crippen molar-refractivity contribution in [1.82, 2.24) is 20.0 Å². The van der Waals surface area contributed by atoms with Crippen LogP contribution in [0.2, 0.25) is 0 Å². The maximum atomic E-state index is 15.1. The van der Waals surface area contributed by atoms with Gasteiger partial charge >= 0.3 is 6.18 Å². The molecule has 3 aliphatic rings. The maximum absolute atomic E-state index is 15.1. The van der Waals surface area contributed by atoms with E-state index in [1.54, 1.807) is 11.8 Å². The van der Waals surface area contributed by atoms with Crippen molar-refractivity contribution in [3.8, 4) is 0 Å². The number of halogens is 5. The fourth-order valence-corrected chi connectivity index (χ4v) is 7.23. The van der Waals surface area contributed by atoms with Gasteiger partial charge in [0, 0.05) is 63.2 Å². The van der Waals surface area contributed by atoms with E-state index in [0.717, 1.165) is 31.7 Å². The van der Waals surface area contributed by atoms with Crippen molar-refractivity contribution < 1.29 is 41.1 Å². The molecular formula is C34H50F5N5O4. The summed E-state index contributed by atoms with van der Waals surface area (Å²) >= 11 is 0. The molecule has 1 aliphatic carbocycles. The Kier molecular flexibility index (Phi) is 12.8. The molecule has 0 radical (unpaired) electrons. The Balaban J connectivity index is 0.000000952. The fourth-order valence-electron chi connectivity index (χ4n) is 7.23. The number of nitrogens with two attached hydrogens (primary N) is 1. The number of likely N-dealkylation sites (tertiary alicyclic amines) is 2. The Bertz CT molecular complexity index is 1310. The van der Waals surface area contributed by atoms with Crippen LogP contribution in [0.3, 0.4) is 0 Å². The summed E-state index contributed by atoms with van der Waals surface area (Å²) in [4.78, 5) is 55.3. The number of alkyl halides is 3. The Morgan fingerprint density at radius 2 is 1.65 bits per heavy atom. The molecule has 270 valence electrons. The summed E-state index contributed by atoms with van der Waals surface area (Å²) < 4.78 is 60.2. The number of nitrogens with one attached hydrogen (secondary N) is 1. The molecule has 0 bridgehead atoms. The van der Waals surface area contributed by atoms with Crippen molar-refractivity contribution in [2.75, 3.05) is 32.7 Å². The summed E-state index contributed by atoms with van der Waals surface area (Å²) in [5, 5.41) is 2.85. The molecule has 1 unspecified atom stereocenters. The summed E-state index contributed by atoms with van der Waals surface area (Å²) in [7, 11) is 0. The fraction of sp³-hybridized carbons (Fsp3) is 0.706. The SMILES string of the molecule is CC(=O)N(C1CCC(C)(C)CC1)[C@H]1C[C@@H](C(=O)NCCN)N(C(=O)C2CN(C(C)(C)C)C[C@H]2c2ccc(F)cc2F)C1.O=CC(F)(F)F. The van der Waals surface area contributed by atoms with Crippen LogP contribution in [0, 0.1) is 23.0 Å². The van der Waals surface area contributed by atoms with Crippen LogP contribution >= 0.6 is 0 Å². The zero-order valence-electron chi connectivity index (χ0n) is 28.7. The highest BCUT2D eigenvalue weighted by Gasteiger charge is 2.50. The smallest absolute Gasteiger partial charge is 0.353 e. The molecule has 3 amide bonds. The van der Waals surface area contributed by atoms with Gasteiger partial charge in [0.1, 0.15) is 17.7 Å². The molecule has 3 fully saturated rings. The highest BCUT2D eigenvalue weighted by Crippen LogP contribution is 2.41. The van der Waals surface area contributed by atoms with E-state index in [1.807, 2.05) is 25.7 Å². The van der Waals surface area contributed by atoms with Crippen molar-refractivity contribution in [1.29, 1.82) is 0 Å². The number of carbonyl (C=O) groups is 4. The van der Waals surface area contributed by atoms with E-state index < -0.39 is 42.0 Å². The highest BCUT2D eigenvalue weighted by molar-refractivity contribution is 5.90. The van der Waals surface area contributed by atoms with Crippen molar-refractivity contribution in [3.05, 3.63) is 35.4 Å². The van der Waals surface area contributed by atoms with E-state index in [0.29, 0.717) is 25.1 Å². The first-order valence-electron chi connectivity index (χ1n) is 16.5. The number of aldehydes is 1. The van der Waals surface area contributed by atoms with Crippen LogP contribution in [0.1, 0.15) is 85.1 Å². The van der Waals surface area contributed by atoms with E-state index in [-0.39, 0.29) is 60.4 Å². The maximum Gasteiger partial charge on any atom is 0.446 e. The van der Waals surface area contributed by atoms with Crippen LogP contribution in [0.25, 0.3) is 0 Å². The minimum Gasteiger partial charge on any atom is -0.353 e. The van der Waals surface area contributed by atoms with E-state index in [2.05, 4.69) is 24.1 Å². The summed E-state index contributed by atoms with van der Waals surface area (Å²) in [6.07, 6.45) is -1.58. The second-order valence-electron chi connectivity index (χ2n) is 14.9. The highest BCUT2D eigenvalue weighted by atomic mass is 19.4. The predicted octanol–water partition coefficient (Wildman–Crippen LogP) is 4.39. The molecule has 2 saturated heterocycles. The van der Waals surface area contributed by atoms with Gasteiger partial charge in [-0.15, -0.1) is 0 Å². The average molecular weight is 688 g/mol. The monoisotopic (exact) mass is 687 g/mol. The predicted molar refractivity (Wildman–Crippen MR) is 171 cm³/mol. The zero-order valence-corrected chi connectivity index (χ0v) is 28.7. The van der Waals surface area contributed by atoms with Gasteiger partial charge in [-0.25, -0.2) is 8.78 Å². The first-order valence-corrected chi connectivity index (χ1v) is 16.5. The molecule has 1 aromatic rings. The molecule has 2 aliphatic heterocycles. The first-order chi connectivity index (χ1) is 22.2. The third kappa shape index (κ3) is 9.96. The molecule has 48 heavy (non-hydrogen) atoms. The quantitative estimate of drug-likeness (QED) is 0.325. The molecule has 9 nitrogen and oxygen atoms in total. The summed E-state index contributed by atoms with van der Waals surface area (Å²) in [6.45, 7) is 13.8. The minimum absolute atomic E-state index is 0.0499. The number of rotatable bonds is 7. The molecule has 1 saturated carbocycles. The third-order valence-electron chi connectivity index (χ3n) is 9.85. The molecule has 4 rings (SSSR count). The summed E-state index contributed by atoms with van der Waals surface area (Å²) in [5.41, 5.74) is 5.90. The van der Waals surface area contributed by atoms with Crippen molar-refractivity contribution in [2.45, 2.75) is 109 Å². The second-order valence-corrected chi connectivity index (χ2v) is 14.9. The van der Waals surface area contributed by atoms with Crippen LogP contribution < -0.4 is 11.1 Å². The number of amides is 3. The third-order valence-corrected chi connectivity index (χ3v) is 9.85. The number of hydrogen-bond acceptors (Lipinski definition) is 6. The van der Waals surface area contributed by atoms with E-state index in [4.69, 9.17) is 10.5 Å². The van der Waals surface area contributed by atoms with Crippen LogP contribution in [0.5, 0.6) is 0 Å². The van der Waals surface area contributed by atoms with Crippen LogP contribution in [-0.4, -0.2) is 101 Å². The lowest BCUT2D eigenvalue weighted by Crippen LogP contribution is -2.51. The van der Waals surface area contributed by atoms with Gasteiger partial charge in [-0.1, -0.05) is 19.9 Å². The van der Waals surface area contributed by atoms with Gasteiger partial charge in [-0.3, -0.25) is 24.1 Å². The number of nitrogens with zero attached hydrogens (tertiary/aromatic N) is 3. The van der Waals surface area contributed by atoms with Crippen LogP contribution in [0.4, 0.5) is 22.0 Å². The Labute approximate surface area is 279 Å². The van der Waals surface area contributed by atoms with Crippen LogP contribution in [-0.2, 0) is 19.2 Å².